The first kappa shape index (κ1) is 15.1. The summed E-state index contributed by atoms with van der Waals surface area (Å²) in [5, 5.41) is 13.3. The second-order valence-corrected chi connectivity index (χ2v) is 5.51. The van der Waals surface area contributed by atoms with Crippen LogP contribution in [-0.4, -0.2) is 23.8 Å². The fraction of sp³-hybridized carbons (Fsp3) is 0.600. The molecule has 0 radical (unpaired) electrons. The highest BCUT2D eigenvalue weighted by Crippen LogP contribution is 2.14. The lowest BCUT2D eigenvalue weighted by Gasteiger charge is -2.28. The van der Waals surface area contributed by atoms with Crippen molar-refractivity contribution in [3.05, 3.63) is 35.1 Å². The van der Waals surface area contributed by atoms with Crippen molar-refractivity contribution in [3.8, 4) is 0 Å². The Hall–Kier alpha value is -0.930. The van der Waals surface area contributed by atoms with Gasteiger partial charge in [-0.2, -0.15) is 0 Å². The van der Waals surface area contributed by atoms with Crippen LogP contribution in [0, 0.1) is 18.7 Å². The monoisotopic (exact) mass is 253 g/mol. The highest BCUT2D eigenvalue weighted by atomic mass is 19.1. The van der Waals surface area contributed by atoms with Crippen LogP contribution in [0.2, 0.25) is 0 Å². The van der Waals surface area contributed by atoms with E-state index in [1.54, 1.807) is 6.07 Å². The zero-order valence-electron chi connectivity index (χ0n) is 11.8. The summed E-state index contributed by atoms with van der Waals surface area (Å²) in [7, 11) is 0. The predicted molar refractivity (Wildman–Crippen MR) is 73.2 cm³/mol. The van der Waals surface area contributed by atoms with Crippen molar-refractivity contribution < 1.29 is 9.50 Å². The average Bonchev–Trinajstić information content (AvgIpc) is 2.26. The minimum Gasteiger partial charge on any atom is -0.389 e. The molecule has 0 fully saturated rings. The quantitative estimate of drug-likeness (QED) is 0.764. The van der Waals surface area contributed by atoms with Gasteiger partial charge in [0, 0.05) is 6.54 Å². The first-order valence-electron chi connectivity index (χ1n) is 6.51. The molecule has 0 heterocycles. The van der Waals surface area contributed by atoms with Gasteiger partial charge in [-0.15, -0.1) is 0 Å². The van der Waals surface area contributed by atoms with E-state index in [0.29, 0.717) is 6.54 Å². The van der Waals surface area contributed by atoms with E-state index in [9.17, 15) is 9.50 Å². The number of hydrogen-bond acceptors (Lipinski definition) is 2. The summed E-state index contributed by atoms with van der Waals surface area (Å²) in [6.07, 6.45) is 0.848. The SMILES string of the molecule is Cc1cc(F)ccc1CCNCC(C)(O)C(C)C. The molecule has 0 aromatic heterocycles. The van der Waals surface area contributed by atoms with E-state index in [1.165, 1.54) is 6.07 Å². The van der Waals surface area contributed by atoms with E-state index in [-0.39, 0.29) is 11.7 Å². The normalized spacial score (nSPS) is 14.8. The van der Waals surface area contributed by atoms with Crippen LogP contribution in [0.3, 0.4) is 0 Å². The molecule has 0 spiro atoms. The van der Waals surface area contributed by atoms with Crippen molar-refractivity contribution in [2.24, 2.45) is 5.92 Å². The van der Waals surface area contributed by atoms with Gasteiger partial charge < -0.3 is 10.4 Å². The molecule has 0 aliphatic rings. The lowest BCUT2D eigenvalue weighted by atomic mass is 9.92. The maximum Gasteiger partial charge on any atom is 0.123 e. The summed E-state index contributed by atoms with van der Waals surface area (Å²) < 4.78 is 12.9. The standard InChI is InChI=1S/C15H24FNO/c1-11(2)15(4,18)10-17-8-7-13-5-6-14(16)9-12(13)3/h5-6,9,11,17-18H,7-8,10H2,1-4H3. The van der Waals surface area contributed by atoms with Crippen LogP contribution in [-0.2, 0) is 6.42 Å². The number of hydrogen-bond donors (Lipinski definition) is 2. The summed E-state index contributed by atoms with van der Waals surface area (Å²) >= 11 is 0. The highest BCUT2D eigenvalue weighted by molar-refractivity contribution is 5.26. The van der Waals surface area contributed by atoms with Crippen molar-refractivity contribution in [2.45, 2.75) is 39.7 Å². The third-order valence-electron chi connectivity index (χ3n) is 3.60. The van der Waals surface area contributed by atoms with Gasteiger partial charge in [0.05, 0.1) is 5.60 Å². The molecule has 3 heteroatoms. The van der Waals surface area contributed by atoms with Crippen LogP contribution in [0.15, 0.2) is 18.2 Å². The number of halogens is 1. The maximum atomic E-state index is 12.9. The predicted octanol–water partition coefficient (Wildman–Crippen LogP) is 2.67. The van der Waals surface area contributed by atoms with Crippen molar-refractivity contribution in [1.29, 1.82) is 0 Å². The fourth-order valence-electron chi connectivity index (χ4n) is 1.71. The Labute approximate surface area is 109 Å². The molecule has 0 amide bonds. The van der Waals surface area contributed by atoms with Gasteiger partial charge in [-0.25, -0.2) is 4.39 Å². The van der Waals surface area contributed by atoms with Crippen LogP contribution in [0.5, 0.6) is 0 Å². The Morgan fingerprint density at radius 2 is 2.06 bits per heavy atom. The number of benzene rings is 1. The molecule has 1 aromatic carbocycles. The summed E-state index contributed by atoms with van der Waals surface area (Å²) in [6.45, 7) is 9.13. The van der Waals surface area contributed by atoms with Crippen LogP contribution in [0.1, 0.15) is 31.9 Å². The third kappa shape index (κ3) is 4.39. The van der Waals surface area contributed by atoms with Crippen molar-refractivity contribution >= 4 is 0 Å². The molecule has 0 saturated heterocycles. The molecule has 1 aromatic rings. The number of rotatable bonds is 6. The van der Waals surface area contributed by atoms with E-state index >= 15 is 0 Å². The largest absolute Gasteiger partial charge is 0.389 e. The summed E-state index contributed by atoms with van der Waals surface area (Å²) in [5.74, 6) is 0.0320. The first-order valence-corrected chi connectivity index (χ1v) is 6.51. The van der Waals surface area contributed by atoms with Crippen molar-refractivity contribution in [1.82, 2.24) is 5.32 Å². The topological polar surface area (TPSA) is 32.3 Å². The molecular weight excluding hydrogens is 229 g/mol. The van der Waals surface area contributed by atoms with Gasteiger partial charge in [0.1, 0.15) is 5.82 Å². The van der Waals surface area contributed by atoms with E-state index in [2.05, 4.69) is 5.32 Å². The number of aliphatic hydroxyl groups is 1. The van der Waals surface area contributed by atoms with E-state index in [1.807, 2.05) is 33.8 Å². The molecule has 0 aliphatic heterocycles. The van der Waals surface area contributed by atoms with Crippen LogP contribution >= 0.6 is 0 Å². The molecule has 1 unspecified atom stereocenters. The Morgan fingerprint density at radius 1 is 1.39 bits per heavy atom. The highest BCUT2D eigenvalue weighted by Gasteiger charge is 2.23. The Bertz CT molecular complexity index is 388. The molecule has 102 valence electrons. The van der Waals surface area contributed by atoms with Gasteiger partial charge >= 0.3 is 0 Å². The molecule has 0 bridgehead atoms. The second-order valence-electron chi connectivity index (χ2n) is 5.51. The van der Waals surface area contributed by atoms with Crippen LogP contribution in [0.4, 0.5) is 4.39 Å². The van der Waals surface area contributed by atoms with E-state index in [0.717, 1.165) is 24.1 Å². The van der Waals surface area contributed by atoms with Crippen molar-refractivity contribution in [2.75, 3.05) is 13.1 Å². The lowest BCUT2D eigenvalue weighted by molar-refractivity contribution is 0.0145. The average molecular weight is 253 g/mol. The molecule has 2 N–H and O–H groups in total. The third-order valence-corrected chi connectivity index (χ3v) is 3.60. The van der Waals surface area contributed by atoms with E-state index < -0.39 is 5.60 Å². The smallest absolute Gasteiger partial charge is 0.123 e. The summed E-state index contributed by atoms with van der Waals surface area (Å²) in [6, 6.07) is 4.87. The minimum absolute atomic E-state index is 0.188. The summed E-state index contributed by atoms with van der Waals surface area (Å²) in [5.41, 5.74) is 1.44. The van der Waals surface area contributed by atoms with E-state index in [4.69, 9.17) is 0 Å². The molecule has 0 saturated carbocycles. The van der Waals surface area contributed by atoms with Gasteiger partial charge in [0.25, 0.3) is 0 Å². The molecule has 1 rings (SSSR count). The van der Waals surface area contributed by atoms with Gasteiger partial charge in [0.2, 0.25) is 0 Å². The Kier molecular flexibility index (Phi) is 5.29. The Morgan fingerprint density at radius 3 is 2.61 bits per heavy atom. The van der Waals surface area contributed by atoms with Gasteiger partial charge in [-0.3, -0.25) is 0 Å². The molecule has 1 atom stereocenters. The van der Waals surface area contributed by atoms with Crippen molar-refractivity contribution in [3.63, 3.8) is 0 Å². The molecule has 0 aliphatic carbocycles. The number of nitrogens with one attached hydrogen (secondary N) is 1. The second kappa shape index (κ2) is 6.30. The van der Waals surface area contributed by atoms with Gasteiger partial charge in [0.15, 0.2) is 0 Å². The van der Waals surface area contributed by atoms with Gasteiger partial charge in [-0.1, -0.05) is 19.9 Å². The molecule has 18 heavy (non-hydrogen) atoms. The number of aryl methyl sites for hydroxylation is 1. The zero-order chi connectivity index (χ0) is 13.8. The van der Waals surface area contributed by atoms with Gasteiger partial charge in [-0.05, 0) is 56.0 Å². The first-order chi connectivity index (χ1) is 8.33. The summed E-state index contributed by atoms with van der Waals surface area (Å²) in [4.78, 5) is 0. The van der Waals surface area contributed by atoms with Crippen LogP contribution < -0.4 is 5.32 Å². The molecular formula is C15H24FNO. The van der Waals surface area contributed by atoms with Crippen LogP contribution in [0.25, 0.3) is 0 Å². The zero-order valence-corrected chi connectivity index (χ0v) is 11.8. The fourth-order valence-corrected chi connectivity index (χ4v) is 1.71. The minimum atomic E-state index is -0.683. The molecule has 2 nitrogen and oxygen atoms in total. The maximum absolute atomic E-state index is 12.9. The Balaban J connectivity index is 2.38. The lowest BCUT2D eigenvalue weighted by Crippen LogP contribution is -2.42.